The van der Waals surface area contributed by atoms with Crippen LogP contribution in [-0.2, 0) is 9.53 Å². The molecule has 0 bridgehead atoms. The van der Waals surface area contributed by atoms with Crippen LogP contribution < -0.4 is 5.73 Å². The minimum absolute atomic E-state index is 0.0286. The van der Waals surface area contributed by atoms with Crippen molar-refractivity contribution in [3.8, 4) is 12.3 Å². The van der Waals surface area contributed by atoms with Crippen molar-refractivity contribution >= 4 is 5.91 Å². The smallest absolute Gasteiger partial charge is 0.240 e. The zero-order valence-corrected chi connectivity index (χ0v) is 9.43. The van der Waals surface area contributed by atoms with Crippen molar-refractivity contribution in [3.63, 3.8) is 0 Å². The van der Waals surface area contributed by atoms with E-state index in [-0.39, 0.29) is 31.1 Å². The zero-order chi connectivity index (χ0) is 12.1. The van der Waals surface area contributed by atoms with Gasteiger partial charge in [0.15, 0.2) is 0 Å². The summed E-state index contributed by atoms with van der Waals surface area (Å²) in [6.07, 6.45) is 5.03. The number of rotatable bonds is 3. The van der Waals surface area contributed by atoms with Crippen LogP contribution in [-0.4, -0.2) is 53.9 Å². The van der Waals surface area contributed by atoms with Crippen LogP contribution in [0.1, 0.15) is 13.3 Å². The number of ether oxygens (including phenoxy) is 1. The summed E-state index contributed by atoms with van der Waals surface area (Å²) in [6, 6.07) is -0.691. The summed E-state index contributed by atoms with van der Waals surface area (Å²) >= 11 is 0. The highest BCUT2D eigenvalue weighted by Gasteiger charge is 2.31. The molecule has 5 nitrogen and oxygen atoms in total. The number of carbonyl (C=O) groups excluding carboxylic acids is 1. The number of amides is 1. The molecule has 1 aliphatic heterocycles. The lowest BCUT2D eigenvalue weighted by molar-refractivity contribution is -0.147. The Morgan fingerprint density at radius 2 is 2.50 bits per heavy atom. The van der Waals surface area contributed by atoms with E-state index in [9.17, 15) is 4.79 Å². The van der Waals surface area contributed by atoms with E-state index < -0.39 is 6.04 Å². The van der Waals surface area contributed by atoms with Gasteiger partial charge in [0.2, 0.25) is 5.91 Å². The molecule has 1 heterocycles. The second kappa shape index (κ2) is 5.85. The second-order valence-electron chi connectivity index (χ2n) is 3.99. The lowest BCUT2D eigenvalue weighted by Gasteiger charge is -2.38. The van der Waals surface area contributed by atoms with Gasteiger partial charge in [0.1, 0.15) is 0 Å². The van der Waals surface area contributed by atoms with Crippen molar-refractivity contribution < 1.29 is 14.6 Å². The summed E-state index contributed by atoms with van der Waals surface area (Å²) in [5.41, 5.74) is 5.67. The fourth-order valence-electron chi connectivity index (χ4n) is 1.66. The number of nitrogens with two attached hydrogens (primary N) is 1. The number of nitrogens with zero attached hydrogens (tertiary/aromatic N) is 1. The number of hydrogen-bond acceptors (Lipinski definition) is 4. The fourth-order valence-corrected chi connectivity index (χ4v) is 1.66. The molecule has 1 fully saturated rings. The van der Waals surface area contributed by atoms with Crippen LogP contribution in [0, 0.1) is 12.3 Å². The van der Waals surface area contributed by atoms with Crippen LogP contribution in [0.2, 0.25) is 0 Å². The molecule has 0 aromatic rings. The third-order valence-electron chi connectivity index (χ3n) is 2.65. The summed E-state index contributed by atoms with van der Waals surface area (Å²) in [4.78, 5) is 13.6. The van der Waals surface area contributed by atoms with Crippen molar-refractivity contribution in [1.82, 2.24) is 4.90 Å². The van der Waals surface area contributed by atoms with Crippen molar-refractivity contribution in [2.45, 2.75) is 31.5 Å². The Kier molecular flexibility index (Phi) is 4.74. The van der Waals surface area contributed by atoms with Crippen LogP contribution in [0.5, 0.6) is 0 Å². The average molecular weight is 226 g/mol. The average Bonchev–Trinajstić information content (AvgIpc) is 2.29. The first-order chi connectivity index (χ1) is 7.60. The largest absolute Gasteiger partial charge is 0.394 e. The van der Waals surface area contributed by atoms with Gasteiger partial charge in [0.25, 0.3) is 0 Å². The van der Waals surface area contributed by atoms with Crippen LogP contribution in [0.15, 0.2) is 0 Å². The number of aliphatic hydroxyl groups is 1. The van der Waals surface area contributed by atoms with Crippen LogP contribution in [0.3, 0.4) is 0 Å². The summed E-state index contributed by atoms with van der Waals surface area (Å²) < 4.78 is 5.33. The van der Waals surface area contributed by atoms with Gasteiger partial charge < -0.3 is 20.5 Å². The standard InChI is InChI=1S/C11H18N2O3/c1-3-4-10(12)11(15)13-5-9(6-14)16-7-8(13)2/h1,8-10,14H,4-7,12H2,2H3. The van der Waals surface area contributed by atoms with Gasteiger partial charge in [-0.15, -0.1) is 12.3 Å². The molecule has 1 saturated heterocycles. The van der Waals surface area contributed by atoms with E-state index >= 15 is 0 Å². The molecule has 0 aromatic heterocycles. The second-order valence-corrected chi connectivity index (χ2v) is 3.99. The maximum Gasteiger partial charge on any atom is 0.240 e. The van der Waals surface area contributed by atoms with Crippen molar-refractivity contribution in [1.29, 1.82) is 0 Å². The Labute approximate surface area is 95.6 Å². The van der Waals surface area contributed by atoms with Gasteiger partial charge in [-0.05, 0) is 6.92 Å². The Hall–Kier alpha value is -1.09. The molecule has 16 heavy (non-hydrogen) atoms. The van der Waals surface area contributed by atoms with Crippen LogP contribution >= 0.6 is 0 Å². The first kappa shape index (κ1) is 13.0. The molecular weight excluding hydrogens is 208 g/mol. The maximum atomic E-state index is 11.9. The Morgan fingerprint density at radius 3 is 3.06 bits per heavy atom. The number of terminal acetylenes is 1. The van der Waals surface area contributed by atoms with Gasteiger partial charge in [-0.3, -0.25) is 4.79 Å². The van der Waals surface area contributed by atoms with Gasteiger partial charge in [-0.25, -0.2) is 0 Å². The van der Waals surface area contributed by atoms with E-state index in [1.54, 1.807) is 4.90 Å². The molecule has 1 amide bonds. The molecule has 0 radical (unpaired) electrons. The molecule has 1 rings (SSSR count). The summed E-state index contributed by atoms with van der Waals surface area (Å²) in [7, 11) is 0. The van der Waals surface area contributed by atoms with E-state index in [4.69, 9.17) is 22.0 Å². The maximum absolute atomic E-state index is 11.9. The lowest BCUT2D eigenvalue weighted by atomic mass is 10.1. The monoisotopic (exact) mass is 226 g/mol. The topological polar surface area (TPSA) is 75.8 Å². The van der Waals surface area contributed by atoms with E-state index in [1.165, 1.54) is 0 Å². The van der Waals surface area contributed by atoms with Crippen molar-refractivity contribution in [2.24, 2.45) is 5.73 Å². The highest BCUT2D eigenvalue weighted by atomic mass is 16.5. The molecule has 3 atom stereocenters. The molecule has 5 heteroatoms. The van der Waals surface area contributed by atoms with Gasteiger partial charge in [0, 0.05) is 13.0 Å². The summed E-state index contributed by atoms with van der Waals surface area (Å²) in [5.74, 6) is 2.20. The molecule has 0 aromatic carbocycles. The van der Waals surface area contributed by atoms with Gasteiger partial charge in [-0.2, -0.15) is 0 Å². The third-order valence-corrected chi connectivity index (χ3v) is 2.65. The molecular formula is C11H18N2O3. The summed E-state index contributed by atoms with van der Waals surface area (Å²) in [5, 5.41) is 8.99. The van der Waals surface area contributed by atoms with E-state index in [0.29, 0.717) is 13.2 Å². The predicted octanol–water partition coefficient (Wildman–Crippen LogP) is -1.05. The van der Waals surface area contributed by atoms with Crippen LogP contribution in [0.25, 0.3) is 0 Å². The quantitative estimate of drug-likeness (QED) is 0.602. The fraction of sp³-hybridized carbons (Fsp3) is 0.727. The highest BCUT2D eigenvalue weighted by molar-refractivity contribution is 5.82. The number of aliphatic hydroxyl groups excluding tert-OH is 1. The van der Waals surface area contributed by atoms with Crippen molar-refractivity contribution in [2.75, 3.05) is 19.8 Å². The van der Waals surface area contributed by atoms with E-state index in [0.717, 1.165) is 0 Å². The SMILES string of the molecule is C#CCC(N)C(=O)N1CC(CO)OCC1C. The number of morpholine rings is 1. The number of hydrogen-bond donors (Lipinski definition) is 2. The Balaban J connectivity index is 2.62. The molecule has 1 aliphatic rings. The molecule has 3 unspecified atom stereocenters. The van der Waals surface area contributed by atoms with E-state index in [1.807, 2.05) is 6.92 Å². The van der Waals surface area contributed by atoms with Crippen LogP contribution in [0.4, 0.5) is 0 Å². The molecule has 3 N–H and O–H groups in total. The molecule has 0 saturated carbocycles. The Bertz CT molecular complexity index is 287. The normalized spacial score (nSPS) is 27.2. The molecule has 90 valence electrons. The minimum Gasteiger partial charge on any atom is -0.394 e. The summed E-state index contributed by atoms with van der Waals surface area (Å²) in [6.45, 7) is 2.57. The zero-order valence-electron chi connectivity index (χ0n) is 9.43. The Morgan fingerprint density at radius 1 is 1.81 bits per heavy atom. The minimum atomic E-state index is -0.662. The number of carbonyl (C=O) groups is 1. The highest BCUT2D eigenvalue weighted by Crippen LogP contribution is 2.13. The molecule has 0 aliphatic carbocycles. The first-order valence-corrected chi connectivity index (χ1v) is 5.32. The molecule has 0 spiro atoms. The van der Waals surface area contributed by atoms with Gasteiger partial charge in [0.05, 0.1) is 31.4 Å². The predicted molar refractivity (Wildman–Crippen MR) is 59.4 cm³/mol. The first-order valence-electron chi connectivity index (χ1n) is 5.32. The van der Waals surface area contributed by atoms with Crippen molar-refractivity contribution in [3.05, 3.63) is 0 Å². The third kappa shape index (κ3) is 2.95. The van der Waals surface area contributed by atoms with Gasteiger partial charge in [-0.1, -0.05) is 0 Å². The van der Waals surface area contributed by atoms with E-state index in [2.05, 4.69) is 5.92 Å². The van der Waals surface area contributed by atoms with Gasteiger partial charge >= 0.3 is 0 Å². The lowest BCUT2D eigenvalue weighted by Crippen LogP contribution is -2.56.